The molecule has 0 aliphatic carbocycles. The maximum atomic E-state index is 11.6. The van der Waals surface area contributed by atoms with Gasteiger partial charge in [-0.25, -0.2) is 9.59 Å². The van der Waals surface area contributed by atoms with E-state index in [-0.39, 0.29) is 11.4 Å². The van der Waals surface area contributed by atoms with Gasteiger partial charge in [-0.1, -0.05) is 26.0 Å². The summed E-state index contributed by atoms with van der Waals surface area (Å²) in [6, 6.07) is 5.41. The number of unbranched alkanes of at least 4 members (excludes halogenated alkanes) is 1. The van der Waals surface area contributed by atoms with Crippen molar-refractivity contribution < 1.29 is 19.4 Å². The third kappa shape index (κ3) is 5.43. The molecule has 0 fully saturated rings. The van der Waals surface area contributed by atoms with Crippen LogP contribution in [-0.4, -0.2) is 23.7 Å². The Labute approximate surface area is 117 Å². The fourth-order valence-electron chi connectivity index (χ4n) is 1.33. The van der Waals surface area contributed by atoms with Gasteiger partial charge >= 0.3 is 12.0 Å². The number of carbonyl (C=O) groups excluding carboxylic acids is 2. The summed E-state index contributed by atoms with van der Waals surface area (Å²) < 4.78 is 4.89. The number of urea groups is 1. The molecular formula is C14H18N2O4. The van der Waals surface area contributed by atoms with Crippen molar-refractivity contribution in [3.8, 4) is 5.75 Å². The maximum absolute atomic E-state index is 11.6. The molecule has 0 saturated heterocycles. The van der Waals surface area contributed by atoms with Crippen LogP contribution in [0.1, 0.15) is 19.8 Å². The molecule has 1 rings (SSSR count). The minimum Gasteiger partial charge on any atom is -0.508 e. The normalized spacial score (nSPS) is 9.65. The van der Waals surface area contributed by atoms with Crippen molar-refractivity contribution in [2.75, 3.05) is 11.9 Å². The topological polar surface area (TPSA) is 87.7 Å². The Hall–Kier alpha value is -2.50. The molecule has 2 amide bonds. The van der Waals surface area contributed by atoms with Crippen molar-refractivity contribution in [2.45, 2.75) is 19.8 Å². The van der Waals surface area contributed by atoms with Crippen LogP contribution < -0.4 is 10.6 Å². The van der Waals surface area contributed by atoms with E-state index in [9.17, 15) is 14.7 Å². The highest BCUT2D eigenvalue weighted by Crippen LogP contribution is 2.15. The molecule has 0 saturated carbocycles. The van der Waals surface area contributed by atoms with E-state index in [1.165, 1.54) is 12.1 Å². The third-order valence-electron chi connectivity index (χ3n) is 2.35. The van der Waals surface area contributed by atoms with Gasteiger partial charge in [0.1, 0.15) is 11.4 Å². The first kappa shape index (κ1) is 15.6. The first-order valence-corrected chi connectivity index (χ1v) is 6.26. The number of rotatable bonds is 6. The number of amides is 2. The highest BCUT2D eigenvalue weighted by Gasteiger charge is 2.11. The quantitative estimate of drug-likeness (QED) is 0.423. The van der Waals surface area contributed by atoms with Crippen molar-refractivity contribution >= 4 is 17.7 Å². The molecule has 0 aliphatic heterocycles. The molecule has 20 heavy (non-hydrogen) atoms. The van der Waals surface area contributed by atoms with Crippen LogP contribution in [0, 0.1) is 0 Å². The van der Waals surface area contributed by atoms with Crippen LogP contribution in [0.15, 0.2) is 36.5 Å². The molecule has 6 nitrogen and oxygen atoms in total. The second-order valence-electron chi connectivity index (χ2n) is 4.10. The van der Waals surface area contributed by atoms with Crippen molar-refractivity contribution in [1.82, 2.24) is 5.32 Å². The van der Waals surface area contributed by atoms with E-state index in [4.69, 9.17) is 4.74 Å². The maximum Gasteiger partial charge on any atom is 0.354 e. The number of phenolic OH excluding ortho intramolecular Hbond substituents is 1. The van der Waals surface area contributed by atoms with Crippen LogP contribution in [0.3, 0.4) is 0 Å². The summed E-state index contributed by atoms with van der Waals surface area (Å²) >= 11 is 0. The van der Waals surface area contributed by atoms with Crippen LogP contribution >= 0.6 is 0 Å². The van der Waals surface area contributed by atoms with E-state index < -0.39 is 12.0 Å². The lowest BCUT2D eigenvalue weighted by Gasteiger charge is -2.09. The Kier molecular flexibility index (Phi) is 6.09. The molecule has 0 aromatic heterocycles. The molecule has 0 spiro atoms. The highest BCUT2D eigenvalue weighted by atomic mass is 16.5. The second kappa shape index (κ2) is 7.83. The molecule has 3 N–H and O–H groups in total. The summed E-state index contributed by atoms with van der Waals surface area (Å²) in [7, 11) is 0. The smallest absolute Gasteiger partial charge is 0.354 e. The number of carbonyl (C=O) groups is 2. The Bertz CT molecular complexity index is 500. The molecule has 0 unspecified atom stereocenters. The van der Waals surface area contributed by atoms with Gasteiger partial charge in [0.15, 0.2) is 0 Å². The average Bonchev–Trinajstić information content (AvgIpc) is 2.38. The van der Waals surface area contributed by atoms with Gasteiger partial charge in [-0.3, -0.25) is 0 Å². The van der Waals surface area contributed by atoms with Gasteiger partial charge in [-0.15, -0.1) is 0 Å². The average molecular weight is 278 g/mol. The molecule has 0 aliphatic rings. The van der Waals surface area contributed by atoms with E-state index in [0.717, 1.165) is 12.8 Å². The van der Waals surface area contributed by atoms with Gasteiger partial charge in [0.2, 0.25) is 0 Å². The van der Waals surface area contributed by atoms with Gasteiger partial charge in [-0.2, -0.15) is 0 Å². The number of esters is 1. The zero-order valence-corrected chi connectivity index (χ0v) is 11.3. The number of benzene rings is 1. The van der Waals surface area contributed by atoms with Gasteiger partial charge in [-0.05, 0) is 18.6 Å². The minimum absolute atomic E-state index is 0.0283. The van der Waals surface area contributed by atoms with Crippen LogP contribution in [0.25, 0.3) is 0 Å². The predicted octanol–water partition coefficient (Wildman–Crippen LogP) is 2.37. The number of anilines is 1. The van der Waals surface area contributed by atoms with Crippen LogP contribution in [0.4, 0.5) is 10.5 Å². The van der Waals surface area contributed by atoms with Crippen LogP contribution in [-0.2, 0) is 9.53 Å². The van der Waals surface area contributed by atoms with Crippen molar-refractivity contribution in [3.63, 3.8) is 0 Å². The molecule has 0 bridgehead atoms. The molecule has 1 aromatic carbocycles. The lowest BCUT2D eigenvalue weighted by atomic mass is 10.3. The summed E-state index contributed by atoms with van der Waals surface area (Å²) in [5.74, 6) is -0.634. The summed E-state index contributed by atoms with van der Waals surface area (Å²) in [5, 5.41) is 14.0. The van der Waals surface area contributed by atoms with Gasteiger partial charge in [0, 0.05) is 11.8 Å². The first-order chi connectivity index (χ1) is 9.52. The summed E-state index contributed by atoms with van der Waals surface area (Å²) in [6.45, 7) is 5.71. The Morgan fingerprint density at radius 3 is 2.80 bits per heavy atom. The number of hydrogen-bond acceptors (Lipinski definition) is 4. The lowest BCUT2D eigenvalue weighted by molar-refractivity contribution is -0.139. The Morgan fingerprint density at radius 1 is 1.40 bits per heavy atom. The molecule has 0 radical (unpaired) electrons. The fourth-order valence-corrected chi connectivity index (χ4v) is 1.33. The molecule has 0 atom stereocenters. The fraction of sp³-hybridized carbons (Fsp3) is 0.286. The summed E-state index contributed by atoms with van der Waals surface area (Å²) in [5.41, 5.74) is 0.258. The largest absolute Gasteiger partial charge is 0.508 e. The third-order valence-corrected chi connectivity index (χ3v) is 2.35. The van der Waals surface area contributed by atoms with Gasteiger partial charge < -0.3 is 20.5 Å². The number of ether oxygens (including phenoxy) is 1. The number of nitrogens with one attached hydrogen (secondary N) is 2. The monoisotopic (exact) mass is 278 g/mol. The predicted molar refractivity (Wildman–Crippen MR) is 75.3 cm³/mol. The van der Waals surface area contributed by atoms with Crippen LogP contribution in [0.5, 0.6) is 5.75 Å². The van der Waals surface area contributed by atoms with Crippen molar-refractivity contribution in [1.29, 1.82) is 0 Å². The number of aromatic hydroxyl groups is 1. The van der Waals surface area contributed by atoms with Crippen LogP contribution in [0.2, 0.25) is 0 Å². The SMILES string of the molecule is C=C(NC(=O)Nc1cccc(O)c1)C(=O)OCCCC. The van der Waals surface area contributed by atoms with E-state index in [0.29, 0.717) is 12.3 Å². The minimum atomic E-state index is -0.662. The Balaban J connectivity index is 2.41. The summed E-state index contributed by atoms with van der Waals surface area (Å²) in [6.07, 6.45) is 1.67. The first-order valence-electron chi connectivity index (χ1n) is 6.26. The number of hydrogen-bond donors (Lipinski definition) is 3. The van der Waals surface area contributed by atoms with E-state index in [1.807, 2.05) is 6.92 Å². The van der Waals surface area contributed by atoms with Gasteiger partial charge in [0.05, 0.1) is 6.61 Å². The number of phenols is 1. The standard InChI is InChI=1S/C14H18N2O4/c1-3-4-8-20-13(18)10(2)15-14(19)16-11-6-5-7-12(17)9-11/h5-7,9,17H,2-4,8H2,1H3,(H2,15,16,19). The second-order valence-corrected chi connectivity index (χ2v) is 4.10. The lowest BCUT2D eigenvalue weighted by Crippen LogP contribution is -2.31. The molecule has 0 heterocycles. The molecule has 6 heteroatoms. The summed E-state index contributed by atoms with van der Waals surface area (Å²) in [4.78, 5) is 23.1. The molecule has 1 aromatic rings. The van der Waals surface area contributed by atoms with E-state index in [2.05, 4.69) is 17.2 Å². The Morgan fingerprint density at radius 2 is 2.15 bits per heavy atom. The molecular weight excluding hydrogens is 260 g/mol. The van der Waals surface area contributed by atoms with Gasteiger partial charge in [0.25, 0.3) is 0 Å². The molecule has 108 valence electrons. The highest BCUT2D eigenvalue weighted by molar-refractivity contribution is 5.97. The van der Waals surface area contributed by atoms with Crippen molar-refractivity contribution in [2.24, 2.45) is 0 Å². The van der Waals surface area contributed by atoms with E-state index >= 15 is 0 Å². The zero-order valence-electron chi connectivity index (χ0n) is 11.3. The van der Waals surface area contributed by atoms with Crippen molar-refractivity contribution in [3.05, 3.63) is 36.5 Å². The van der Waals surface area contributed by atoms with E-state index in [1.54, 1.807) is 12.1 Å². The zero-order chi connectivity index (χ0) is 15.0.